The van der Waals surface area contributed by atoms with E-state index in [-0.39, 0.29) is 30.0 Å². The summed E-state index contributed by atoms with van der Waals surface area (Å²) in [5.74, 6) is 0.637. The highest BCUT2D eigenvalue weighted by molar-refractivity contribution is 5.81. The Morgan fingerprint density at radius 2 is 1.90 bits per heavy atom. The van der Waals surface area contributed by atoms with Crippen LogP contribution in [0.1, 0.15) is 48.9 Å². The van der Waals surface area contributed by atoms with Crippen LogP contribution in [0.5, 0.6) is 0 Å². The van der Waals surface area contributed by atoms with Crippen LogP contribution in [0.25, 0.3) is 0 Å². The van der Waals surface area contributed by atoms with Crippen LogP contribution in [0.3, 0.4) is 0 Å². The fourth-order valence-corrected chi connectivity index (χ4v) is 6.06. The molecule has 9 heteroatoms. The van der Waals surface area contributed by atoms with Crippen LogP contribution < -0.4 is 5.32 Å². The smallest absolute Gasteiger partial charge is 0.380 e. The third kappa shape index (κ3) is 7.81. The van der Waals surface area contributed by atoms with Gasteiger partial charge in [-0.05, 0) is 60.5 Å². The fourth-order valence-electron chi connectivity index (χ4n) is 6.06. The predicted octanol–water partition coefficient (Wildman–Crippen LogP) is 5.27. The normalized spacial score (nSPS) is 18.6. The van der Waals surface area contributed by atoms with Gasteiger partial charge in [0.05, 0.1) is 25.3 Å². The molecular weight excluding hydrogens is 529 g/mol. The number of carbonyl (C=O) groups is 1. The van der Waals surface area contributed by atoms with Gasteiger partial charge in [-0.1, -0.05) is 44.2 Å². The second-order valence-corrected chi connectivity index (χ2v) is 12.4. The Labute approximate surface area is 241 Å². The Morgan fingerprint density at radius 3 is 2.59 bits per heavy atom. The Morgan fingerprint density at radius 1 is 1.12 bits per heavy atom. The molecule has 2 aromatic rings. The number of nitrogens with zero attached hydrogens (tertiary/aromatic N) is 3. The summed E-state index contributed by atoms with van der Waals surface area (Å²) >= 11 is 0. The molecule has 41 heavy (non-hydrogen) atoms. The highest BCUT2D eigenvalue weighted by atomic mass is 19.4. The number of amides is 1. The summed E-state index contributed by atoms with van der Waals surface area (Å²) < 4.78 is 46.8. The van der Waals surface area contributed by atoms with Crippen LogP contribution >= 0.6 is 0 Å². The average Bonchev–Trinajstić information content (AvgIpc) is 3.75. The van der Waals surface area contributed by atoms with E-state index in [0.29, 0.717) is 26.3 Å². The van der Waals surface area contributed by atoms with Gasteiger partial charge >= 0.3 is 6.18 Å². The van der Waals surface area contributed by atoms with Gasteiger partial charge in [0, 0.05) is 56.9 Å². The summed E-state index contributed by atoms with van der Waals surface area (Å²) in [6.45, 7) is 11.3. The zero-order valence-electron chi connectivity index (χ0n) is 24.3. The molecule has 0 spiro atoms. The molecule has 0 aromatic heterocycles. The van der Waals surface area contributed by atoms with Crippen LogP contribution in [-0.4, -0.2) is 79.6 Å². The van der Waals surface area contributed by atoms with Gasteiger partial charge in [0.15, 0.2) is 0 Å². The number of benzene rings is 2. The largest absolute Gasteiger partial charge is 0.416 e. The van der Waals surface area contributed by atoms with Crippen molar-refractivity contribution in [2.45, 2.75) is 52.4 Å². The van der Waals surface area contributed by atoms with E-state index >= 15 is 0 Å². The summed E-state index contributed by atoms with van der Waals surface area (Å²) in [6, 6.07) is 11.7. The van der Waals surface area contributed by atoms with Gasteiger partial charge in [0.1, 0.15) is 0 Å². The Kier molecular flexibility index (Phi) is 9.26. The summed E-state index contributed by atoms with van der Waals surface area (Å²) in [5, 5.41) is 3.35. The second kappa shape index (κ2) is 12.7. The zero-order chi connectivity index (χ0) is 29.0. The van der Waals surface area contributed by atoms with E-state index < -0.39 is 11.7 Å². The number of carbonyl (C=O) groups excluding carboxylic acids is 1. The lowest BCUT2D eigenvalue weighted by atomic mass is 9.88. The zero-order valence-corrected chi connectivity index (χ0v) is 24.3. The molecule has 3 aliphatic rings. The number of ether oxygens (including phenoxy) is 1. The molecular formula is C32H43F3N4O2. The van der Waals surface area contributed by atoms with E-state index in [1.165, 1.54) is 36.1 Å². The van der Waals surface area contributed by atoms with Crippen LogP contribution in [0.4, 0.5) is 18.9 Å². The van der Waals surface area contributed by atoms with Crippen LogP contribution in [-0.2, 0) is 35.2 Å². The highest BCUT2D eigenvalue weighted by Gasteiger charge is 2.36. The first-order valence-corrected chi connectivity index (χ1v) is 14.9. The predicted molar refractivity (Wildman–Crippen MR) is 155 cm³/mol. The van der Waals surface area contributed by atoms with E-state index in [0.717, 1.165) is 56.8 Å². The maximum Gasteiger partial charge on any atom is 0.416 e. The van der Waals surface area contributed by atoms with Gasteiger partial charge in [0.25, 0.3) is 0 Å². The van der Waals surface area contributed by atoms with E-state index in [1.807, 2.05) is 12.1 Å². The fraction of sp³-hybridized carbons (Fsp3) is 0.594. The summed E-state index contributed by atoms with van der Waals surface area (Å²) in [7, 11) is 0. The third-order valence-corrected chi connectivity index (χ3v) is 8.66. The molecule has 1 N–H and O–H groups in total. The number of nitrogens with one attached hydrogen (secondary N) is 1. The molecule has 1 saturated heterocycles. The van der Waals surface area contributed by atoms with Gasteiger partial charge in [-0.2, -0.15) is 13.2 Å². The quantitative estimate of drug-likeness (QED) is 0.354. The summed E-state index contributed by atoms with van der Waals surface area (Å²) in [5.41, 5.74) is 2.99. The topological polar surface area (TPSA) is 48.0 Å². The van der Waals surface area contributed by atoms with E-state index in [9.17, 15) is 18.0 Å². The Balaban J connectivity index is 1.27. The Bertz CT molecular complexity index is 1200. The third-order valence-electron chi connectivity index (χ3n) is 8.66. The monoisotopic (exact) mass is 572 g/mol. The van der Waals surface area contributed by atoms with E-state index in [1.54, 1.807) is 11.0 Å². The van der Waals surface area contributed by atoms with Crippen molar-refractivity contribution in [1.29, 1.82) is 0 Å². The van der Waals surface area contributed by atoms with Crippen LogP contribution in [0, 0.1) is 11.3 Å². The molecule has 1 amide bonds. The van der Waals surface area contributed by atoms with Gasteiger partial charge in [-0.25, -0.2) is 0 Å². The van der Waals surface area contributed by atoms with E-state index in [2.05, 4.69) is 35.0 Å². The van der Waals surface area contributed by atoms with Gasteiger partial charge in [-0.15, -0.1) is 0 Å². The van der Waals surface area contributed by atoms with Crippen molar-refractivity contribution in [3.05, 3.63) is 64.7 Å². The lowest BCUT2D eigenvalue weighted by Gasteiger charge is -2.42. The molecule has 224 valence electrons. The average molecular weight is 573 g/mol. The number of hydrogen-bond acceptors (Lipinski definition) is 5. The number of likely N-dealkylation sites (N-methyl/N-ethyl adjacent to an activating group) is 1. The molecule has 0 bridgehead atoms. The first-order chi connectivity index (χ1) is 19.6. The first kappa shape index (κ1) is 29.9. The number of rotatable bonds is 13. The molecule has 2 aromatic carbocycles. The van der Waals surface area contributed by atoms with Crippen molar-refractivity contribution in [2.75, 3.05) is 64.3 Å². The maximum absolute atomic E-state index is 13.8. The minimum atomic E-state index is -4.48. The first-order valence-electron chi connectivity index (χ1n) is 14.9. The van der Waals surface area contributed by atoms with Crippen molar-refractivity contribution in [3.63, 3.8) is 0 Å². The minimum absolute atomic E-state index is 0.0358. The molecule has 0 atom stereocenters. The maximum atomic E-state index is 13.8. The lowest BCUT2D eigenvalue weighted by molar-refractivity contribution is -0.139. The molecule has 0 radical (unpaired) electrons. The molecule has 0 unspecified atom stereocenters. The second-order valence-electron chi connectivity index (χ2n) is 12.4. The van der Waals surface area contributed by atoms with Gasteiger partial charge in [0.2, 0.25) is 5.91 Å². The number of fused-ring (bicyclic) bond motifs is 1. The van der Waals surface area contributed by atoms with Crippen LogP contribution in [0.15, 0.2) is 42.5 Å². The molecule has 6 nitrogen and oxygen atoms in total. The van der Waals surface area contributed by atoms with Gasteiger partial charge in [-0.3, -0.25) is 9.69 Å². The van der Waals surface area contributed by atoms with Crippen molar-refractivity contribution >= 4 is 11.6 Å². The number of alkyl halides is 3. The van der Waals surface area contributed by atoms with Crippen LogP contribution in [0.2, 0.25) is 0 Å². The number of hydrogen-bond donors (Lipinski definition) is 1. The minimum Gasteiger partial charge on any atom is -0.380 e. The lowest BCUT2D eigenvalue weighted by Crippen LogP contribution is -2.50. The molecule has 5 rings (SSSR count). The molecule has 2 fully saturated rings. The number of halogens is 3. The van der Waals surface area contributed by atoms with Crippen molar-refractivity contribution in [1.82, 2.24) is 14.7 Å². The van der Waals surface area contributed by atoms with Crippen molar-refractivity contribution in [3.8, 4) is 0 Å². The van der Waals surface area contributed by atoms with Crippen molar-refractivity contribution in [2.24, 2.45) is 11.3 Å². The van der Waals surface area contributed by atoms with Gasteiger partial charge < -0.3 is 19.9 Å². The molecule has 1 saturated carbocycles. The highest BCUT2D eigenvalue weighted by Crippen LogP contribution is 2.34. The molecule has 2 heterocycles. The van der Waals surface area contributed by atoms with Crippen molar-refractivity contribution < 1.29 is 22.7 Å². The number of anilines is 1. The standard InChI is InChI=1S/C32H43F3N4O2/c1-3-37(21-31(2)22-41-23-31)15-16-39(20-26-7-4-5-9-28(26)32(33,34)35)30(40)17-36-29-10-6-8-25-19-38(14-13-27(25)29)18-24-11-12-24/h4-10,24,36H,3,11-23H2,1-2H3. The molecule has 1 aliphatic carbocycles. The molecule has 2 aliphatic heterocycles. The SMILES string of the molecule is CCN(CCN(Cc1ccccc1C(F)(F)F)C(=O)CNc1cccc2c1CCN(CC1CC1)C2)CC1(C)COC1. The Hall–Kier alpha value is -2.62. The van der Waals surface area contributed by atoms with E-state index in [4.69, 9.17) is 4.74 Å². The summed E-state index contributed by atoms with van der Waals surface area (Å²) in [6.07, 6.45) is -0.883. The summed E-state index contributed by atoms with van der Waals surface area (Å²) in [4.78, 5) is 20.0.